The SMILES string of the molecule is CN(C)C(=O)NCCNC(=O)c1cc(N)cnc1Cl. The molecule has 0 aliphatic carbocycles. The number of hydrogen-bond donors (Lipinski definition) is 3. The summed E-state index contributed by atoms with van der Waals surface area (Å²) in [4.78, 5) is 28.2. The number of halogens is 1. The Morgan fingerprint density at radius 1 is 1.37 bits per heavy atom. The third kappa shape index (κ3) is 4.63. The Morgan fingerprint density at radius 2 is 2.00 bits per heavy atom. The molecule has 0 atom stereocenters. The lowest BCUT2D eigenvalue weighted by Gasteiger charge is -2.12. The van der Waals surface area contributed by atoms with Gasteiger partial charge in [-0.15, -0.1) is 0 Å². The van der Waals surface area contributed by atoms with Gasteiger partial charge in [-0.3, -0.25) is 4.79 Å². The Kier molecular flexibility index (Phi) is 5.37. The molecule has 0 spiro atoms. The Hall–Kier alpha value is -2.02. The number of nitrogens with two attached hydrogens (primary N) is 1. The highest BCUT2D eigenvalue weighted by Gasteiger charge is 2.11. The second-order valence-electron chi connectivity index (χ2n) is 3.99. The number of nitrogens with zero attached hydrogens (tertiary/aromatic N) is 2. The highest BCUT2D eigenvalue weighted by Crippen LogP contribution is 2.14. The first kappa shape index (κ1) is 15.0. The van der Waals surface area contributed by atoms with Gasteiger partial charge in [0.25, 0.3) is 5.91 Å². The average molecular weight is 286 g/mol. The zero-order valence-corrected chi connectivity index (χ0v) is 11.5. The van der Waals surface area contributed by atoms with E-state index in [1.54, 1.807) is 14.1 Å². The molecule has 104 valence electrons. The molecule has 19 heavy (non-hydrogen) atoms. The van der Waals surface area contributed by atoms with Gasteiger partial charge < -0.3 is 21.3 Å². The molecule has 1 heterocycles. The van der Waals surface area contributed by atoms with Gasteiger partial charge in [0, 0.05) is 27.2 Å². The fourth-order valence-electron chi connectivity index (χ4n) is 1.22. The molecule has 0 saturated heterocycles. The number of hydrogen-bond acceptors (Lipinski definition) is 4. The standard InChI is InChI=1S/C11H16ClN5O2/c1-17(2)11(19)15-4-3-14-10(18)8-5-7(13)6-16-9(8)12/h5-6H,3-4,13H2,1-2H3,(H,14,18)(H,15,19). The van der Waals surface area contributed by atoms with Crippen LogP contribution in [-0.2, 0) is 0 Å². The Balaban J connectivity index is 2.44. The molecule has 8 heteroatoms. The molecule has 0 aliphatic heterocycles. The lowest BCUT2D eigenvalue weighted by Crippen LogP contribution is -2.39. The van der Waals surface area contributed by atoms with E-state index in [1.807, 2.05) is 0 Å². The van der Waals surface area contributed by atoms with Gasteiger partial charge in [0.2, 0.25) is 0 Å². The van der Waals surface area contributed by atoms with Gasteiger partial charge >= 0.3 is 6.03 Å². The zero-order chi connectivity index (χ0) is 14.4. The number of amides is 3. The van der Waals surface area contributed by atoms with Crippen LogP contribution in [0.4, 0.5) is 10.5 Å². The molecule has 1 aromatic heterocycles. The van der Waals surface area contributed by atoms with Crippen LogP contribution in [0.2, 0.25) is 5.15 Å². The lowest BCUT2D eigenvalue weighted by atomic mass is 10.2. The first-order valence-electron chi connectivity index (χ1n) is 5.56. The minimum Gasteiger partial charge on any atom is -0.397 e. The maximum Gasteiger partial charge on any atom is 0.316 e. The van der Waals surface area contributed by atoms with Crippen molar-refractivity contribution in [2.75, 3.05) is 32.9 Å². The Labute approximate surface area is 116 Å². The van der Waals surface area contributed by atoms with E-state index in [2.05, 4.69) is 15.6 Å². The number of nitrogen functional groups attached to an aromatic ring is 1. The van der Waals surface area contributed by atoms with Crippen LogP contribution < -0.4 is 16.4 Å². The monoisotopic (exact) mass is 285 g/mol. The number of pyridine rings is 1. The van der Waals surface area contributed by atoms with E-state index in [4.69, 9.17) is 17.3 Å². The van der Waals surface area contributed by atoms with Crippen LogP contribution in [-0.4, -0.2) is 49.0 Å². The molecule has 7 nitrogen and oxygen atoms in total. The summed E-state index contributed by atoms with van der Waals surface area (Å²) in [5, 5.41) is 5.31. The van der Waals surface area contributed by atoms with Gasteiger partial charge in [-0.2, -0.15) is 0 Å². The molecule has 0 saturated carbocycles. The van der Waals surface area contributed by atoms with Gasteiger partial charge in [0.05, 0.1) is 17.4 Å². The van der Waals surface area contributed by atoms with E-state index in [0.29, 0.717) is 12.2 Å². The first-order valence-corrected chi connectivity index (χ1v) is 5.94. The van der Waals surface area contributed by atoms with Gasteiger partial charge in [0.1, 0.15) is 5.15 Å². The Bertz CT molecular complexity index is 478. The highest BCUT2D eigenvalue weighted by atomic mass is 35.5. The molecule has 0 aliphatic rings. The predicted molar refractivity (Wildman–Crippen MR) is 73.1 cm³/mol. The summed E-state index contributed by atoms with van der Waals surface area (Å²) in [5.41, 5.74) is 6.10. The number of carbonyl (C=O) groups excluding carboxylic acids is 2. The predicted octanol–water partition coefficient (Wildman–Crippen LogP) is 0.318. The summed E-state index contributed by atoms with van der Waals surface area (Å²) < 4.78 is 0. The summed E-state index contributed by atoms with van der Waals surface area (Å²) in [5.74, 6) is -0.385. The van der Waals surface area contributed by atoms with Gasteiger partial charge in [-0.05, 0) is 6.07 Å². The van der Waals surface area contributed by atoms with Crippen molar-refractivity contribution in [3.63, 3.8) is 0 Å². The lowest BCUT2D eigenvalue weighted by molar-refractivity contribution is 0.0953. The van der Waals surface area contributed by atoms with Crippen molar-refractivity contribution in [2.24, 2.45) is 0 Å². The zero-order valence-electron chi connectivity index (χ0n) is 10.7. The van der Waals surface area contributed by atoms with Crippen LogP contribution in [0.25, 0.3) is 0 Å². The molecule has 1 rings (SSSR count). The van der Waals surface area contributed by atoms with Gasteiger partial charge in [-0.25, -0.2) is 9.78 Å². The molecule has 0 unspecified atom stereocenters. The van der Waals surface area contributed by atoms with E-state index in [9.17, 15) is 9.59 Å². The maximum atomic E-state index is 11.8. The fraction of sp³-hybridized carbons (Fsp3) is 0.364. The summed E-state index contributed by atoms with van der Waals surface area (Å²) in [7, 11) is 3.26. The van der Waals surface area contributed by atoms with Gasteiger partial charge in [-0.1, -0.05) is 11.6 Å². The molecule has 0 fully saturated rings. The summed E-state index contributed by atoms with van der Waals surface area (Å²) >= 11 is 5.79. The smallest absolute Gasteiger partial charge is 0.316 e. The van der Waals surface area contributed by atoms with Crippen LogP contribution in [0.15, 0.2) is 12.3 Å². The van der Waals surface area contributed by atoms with Crippen molar-refractivity contribution in [3.8, 4) is 0 Å². The maximum absolute atomic E-state index is 11.8. The van der Waals surface area contributed by atoms with E-state index in [1.165, 1.54) is 17.2 Å². The van der Waals surface area contributed by atoms with Crippen molar-refractivity contribution in [1.82, 2.24) is 20.5 Å². The quantitative estimate of drug-likeness (QED) is 0.548. The van der Waals surface area contributed by atoms with Crippen LogP contribution in [0, 0.1) is 0 Å². The average Bonchev–Trinajstić information content (AvgIpc) is 2.36. The number of urea groups is 1. The minimum absolute atomic E-state index is 0.0871. The van der Waals surface area contributed by atoms with E-state index >= 15 is 0 Å². The number of nitrogens with one attached hydrogen (secondary N) is 2. The molecule has 3 amide bonds. The molecule has 0 bridgehead atoms. The van der Waals surface area contributed by atoms with E-state index in [0.717, 1.165) is 0 Å². The summed E-state index contributed by atoms with van der Waals surface area (Å²) in [6.07, 6.45) is 1.37. The van der Waals surface area contributed by atoms with Crippen molar-refractivity contribution in [3.05, 3.63) is 23.0 Å². The largest absolute Gasteiger partial charge is 0.397 e. The van der Waals surface area contributed by atoms with Crippen molar-refractivity contribution in [1.29, 1.82) is 0 Å². The fourth-order valence-corrected chi connectivity index (χ4v) is 1.41. The van der Waals surface area contributed by atoms with Gasteiger partial charge in [0.15, 0.2) is 0 Å². The van der Waals surface area contributed by atoms with Crippen molar-refractivity contribution < 1.29 is 9.59 Å². The summed E-state index contributed by atoms with van der Waals surface area (Å²) in [6.45, 7) is 0.597. The molecule has 4 N–H and O–H groups in total. The molecule has 0 radical (unpaired) electrons. The van der Waals surface area contributed by atoms with Crippen LogP contribution >= 0.6 is 11.6 Å². The normalized spacial score (nSPS) is 9.84. The van der Waals surface area contributed by atoms with E-state index < -0.39 is 0 Å². The minimum atomic E-state index is -0.385. The van der Waals surface area contributed by atoms with Crippen molar-refractivity contribution >= 4 is 29.2 Å². The number of anilines is 1. The van der Waals surface area contributed by atoms with Crippen LogP contribution in [0.1, 0.15) is 10.4 Å². The molecule has 1 aromatic rings. The van der Waals surface area contributed by atoms with Crippen LogP contribution in [0.3, 0.4) is 0 Å². The second-order valence-corrected chi connectivity index (χ2v) is 4.35. The first-order chi connectivity index (χ1) is 8.91. The second kappa shape index (κ2) is 6.79. The molecular formula is C11H16ClN5O2. The van der Waals surface area contributed by atoms with Crippen molar-refractivity contribution in [2.45, 2.75) is 0 Å². The molecule has 0 aromatic carbocycles. The number of carbonyl (C=O) groups is 2. The number of aromatic nitrogens is 1. The third-order valence-electron chi connectivity index (χ3n) is 2.20. The third-order valence-corrected chi connectivity index (χ3v) is 2.50. The summed E-state index contributed by atoms with van der Waals surface area (Å²) in [6, 6.07) is 1.22. The molecular weight excluding hydrogens is 270 g/mol. The van der Waals surface area contributed by atoms with Crippen LogP contribution in [0.5, 0.6) is 0 Å². The number of rotatable bonds is 4. The Morgan fingerprint density at radius 3 is 2.63 bits per heavy atom. The van der Waals surface area contributed by atoms with E-state index in [-0.39, 0.29) is 29.2 Å². The topological polar surface area (TPSA) is 100 Å². The highest BCUT2D eigenvalue weighted by molar-refractivity contribution is 6.32.